The molecule has 3 N–H and O–H groups in total. The van der Waals surface area contributed by atoms with E-state index in [-0.39, 0.29) is 124 Å². The maximum atomic E-state index is 9.57. The van der Waals surface area contributed by atoms with Crippen LogP contribution in [-0.2, 0) is 4.79 Å². The fourth-order valence-corrected chi connectivity index (χ4v) is 0. The van der Waals surface area contributed by atoms with Crippen LogP contribution in [0.1, 0.15) is 12.6 Å². The molecule has 10 heavy (non-hydrogen) atoms. The van der Waals surface area contributed by atoms with Gasteiger partial charge in [-0.15, -0.1) is 0 Å². The van der Waals surface area contributed by atoms with Gasteiger partial charge in [0.05, 0.1) is 0 Å². The van der Waals surface area contributed by atoms with Crippen LogP contribution in [0.3, 0.4) is 0 Å². The summed E-state index contributed by atoms with van der Waals surface area (Å²) < 4.78 is 0. The van der Waals surface area contributed by atoms with Crippen LogP contribution in [0.5, 0.6) is 0 Å². The molecule has 0 aromatic rings. The summed E-state index contributed by atoms with van der Waals surface area (Å²) in [4.78, 5) is 9.57. The molecule has 0 spiro atoms. The predicted octanol–water partition coefficient (Wildman–Crippen LogP) is -12.1. The van der Waals surface area contributed by atoms with E-state index in [4.69, 9.17) is 10.8 Å². The molecule has 7 heteroatoms. The molecule has 0 aromatic heterocycles. The smallest absolute Gasteiger partial charge is 1.00 e. The first-order valence-corrected chi connectivity index (χ1v) is 1.63. The van der Waals surface area contributed by atoms with Gasteiger partial charge in [0.1, 0.15) is 6.04 Å². The maximum absolute atomic E-state index is 9.57. The summed E-state index contributed by atoms with van der Waals surface area (Å²) in [6, 6.07) is -0.731. The van der Waals surface area contributed by atoms with E-state index in [1.54, 1.807) is 0 Å². The SMILES string of the molecule is CC(N)C(=O)O.[H-].[H-].[H-].[H-].[Na+].[Na+].[Na+].[Na+]. The average Bonchev–Trinajstić information content (AvgIpc) is 1.36. The Hall–Kier alpha value is 3.43. The summed E-state index contributed by atoms with van der Waals surface area (Å²) in [7, 11) is 0. The van der Waals surface area contributed by atoms with Crippen molar-refractivity contribution < 1.29 is 134 Å². The van der Waals surface area contributed by atoms with Crippen molar-refractivity contribution in [3.63, 3.8) is 0 Å². The van der Waals surface area contributed by atoms with Gasteiger partial charge in [-0.05, 0) is 6.92 Å². The normalized spacial score (nSPS) is 8.20. The van der Waals surface area contributed by atoms with E-state index >= 15 is 0 Å². The van der Waals surface area contributed by atoms with E-state index in [1.165, 1.54) is 6.92 Å². The Bertz CT molecular complexity index is 81.6. The molecule has 1 unspecified atom stereocenters. The van der Waals surface area contributed by atoms with E-state index in [0.29, 0.717) is 0 Å². The molecule has 1 atom stereocenters. The van der Waals surface area contributed by atoms with Gasteiger partial charge in [0.2, 0.25) is 0 Å². The maximum Gasteiger partial charge on any atom is 1.00 e. The fourth-order valence-electron chi connectivity index (χ4n) is 0. The molecule has 0 saturated heterocycles. The second-order valence-electron chi connectivity index (χ2n) is 1.13. The Morgan fingerprint density at radius 2 is 1.50 bits per heavy atom. The molecule has 0 rings (SSSR count). The van der Waals surface area contributed by atoms with Gasteiger partial charge in [-0.2, -0.15) is 0 Å². The molecule has 0 bridgehead atoms. The van der Waals surface area contributed by atoms with Crippen molar-refractivity contribution in [3.8, 4) is 0 Å². The Kier molecular flexibility index (Phi) is 53.3. The monoisotopic (exact) mass is 185 g/mol. The minimum atomic E-state index is -0.963. The van der Waals surface area contributed by atoms with Gasteiger partial charge >= 0.3 is 124 Å². The molecular weight excluding hydrogens is 174 g/mol. The van der Waals surface area contributed by atoms with Crippen molar-refractivity contribution in [1.29, 1.82) is 0 Å². The molecule has 0 aliphatic heterocycles. The predicted molar refractivity (Wildman–Crippen MR) is 25.7 cm³/mol. The molecule has 0 aliphatic rings. The fraction of sp³-hybridized carbons (Fsp3) is 0.667. The molecule has 0 heterocycles. The topological polar surface area (TPSA) is 63.3 Å². The van der Waals surface area contributed by atoms with Crippen LogP contribution in [0.2, 0.25) is 0 Å². The number of nitrogens with two attached hydrogens (primary N) is 1. The molecular formula is C3H11NNa4O2. The van der Waals surface area contributed by atoms with Crippen molar-refractivity contribution in [2.45, 2.75) is 13.0 Å². The van der Waals surface area contributed by atoms with Crippen molar-refractivity contribution in [3.05, 3.63) is 0 Å². The van der Waals surface area contributed by atoms with E-state index in [9.17, 15) is 4.79 Å². The van der Waals surface area contributed by atoms with Crippen LogP contribution in [-0.4, -0.2) is 17.1 Å². The zero-order valence-electron chi connectivity index (χ0n) is 11.5. The Labute approximate surface area is 155 Å². The molecule has 0 saturated carbocycles. The minimum Gasteiger partial charge on any atom is -1.00 e. The third kappa shape index (κ3) is 22.5. The minimum absolute atomic E-state index is 0. The Morgan fingerprint density at radius 1 is 1.40 bits per heavy atom. The molecule has 3 nitrogen and oxygen atoms in total. The van der Waals surface area contributed by atoms with E-state index in [0.717, 1.165) is 0 Å². The van der Waals surface area contributed by atoms with E-state index in [2.05, 4.69) is 0 Å². The summed E-state index contributed by atoms with van der Waals surface area (Å²) in [5, 5.41) is 7.87. The largest absolute Gasteiger partial charge is 1.00 e. The van der Waals surface area contributed by atoms with E-state index < -0.39 is 12.0 Å². The van der Waals surface area contributed by atoms with Crippen molar-refractivity contribution in [2.75, 3.05) is 0 Å². The zero-order chi connectivity index (χ0) is 5.15. The summed E-state index contributed by atoms with van der Waals surface area (Å²) in [5.74, 6) is -0.963. The number of carboxylic acids is 1. The van der Waals surface area contributed by atoms with E-state index in [1.807, 2.05) is 0 Å². The Balaban J connectivity index is -0.00000000446. The number of rotatable bonds is 1. The van der Waals surface area contributed by atoms with Gasteiger partial charge in [0.15, 0.2) is 0 Å². The first-order valence-electron chi connectivity index (χ1n) is 1.63. The standard InChI is InChI=1S/C3H7NO2.4Na.4H/c1-2(4)3(5)6;;;;;;;;/h2H,4H2,1H3,(H,5,6);;;;;;;;/q;4*+1;4*-1. The molecule has 44 valence electrons. The van der Waals surface area contributed by atoms with Crippen LogP contribution in [0.15, 0.2) is 0 Å². The van der Waals surface area contributed by atoms with Crippen LogP contribution in [0.4, 0.5) is 0 Å². The molecule has 0 radical (unpaired) electrons. The van der Waals surface area contributed by atoms with Crippen LogP contribution in [0, 0.1) is 0 Å². The molecule has 0 aromatic carbocycles. The van der Waals surface area contributed by atoms with Crippen molar-refractivity contribution in [2.24, 2.45) is 5.73 Å². The molecule has 0 aliphatic carbocycles. The van der Waals surface area contributed by atoms with Gasteiger partial charge in [-0.25, -0.2) is 0 Å². The quantitative estimate of drug-likeness (QED) is 0.399. The number of carboxylic acid groups (broad SMARTS) is 1. The number of carbonyl (C=O) groups is 1. The second-order valence-corrected chi connectivity index (χ2v) is 1.13. The third-order valence-corrected chi connectivity index (χ3v) is 0.390. The van der Waals surface area contributed by atoms with Crippen molar-refractivity contribution >= 4 is 5.97 Å². The summed E-state index contributed by atoms with van der Waals surface area (Å²) in [6.07, 6.45) is 0. The van der Waals surface area contributed by atoms with Crippen LogP contribution >= 0.6 is 0 Å². The van der Waals surface area contributed by atoms with Gasteiger partial charge < -0.3 is 16.5 Å². The van der Waals surface area contributed by atoms with Gasteiger partial charge in [-0.1, -0.05) is 0 Å². The summed E-state index contributed by atoms with van der Waals surface area (Å²) in [5.41, 5.74) is 4.84. The first-order chi connectivity index (χ1) is 2.64. The second kappa shape index (κ2) is 18.3. The Morgan fingerprint density at radius 3 is 1.50 bits per heavy atom. The summed E-state index contributed by atoms with van der Waals surface area (Å²) in [6.45, 7) is 1.42. The van der Waals surface area contributed by atoms with Gasteiger partial charge in [0, 0.05) is 0 Å². The van der Waals surface area contributed by atoms with Crippen molar-refractivity contribution in [1.82, 2.24) is 0 Å². The van der Waals surface area contributed by atoms with Crippen LogP contribution < -0.4 is 124 Å². The molecule has 0 fully saturated rings. The number of hydrogen-bond acceptors (Lipinski definition) is 2. The summed E-state index contributed by atoms with van der Waals surface area (Å²) >= 11 is 0. The molecule has 0 amide bonds. The number of hydrogen-bond donors (Lipinski definition) is 2. The van der Waals surface area contributed by atoms with Gasteiger partial charge in [-0.3, -0.25) is 4.79 Å². The van der Waals surface area contributed by atoms with Crippen LogP contribution in [0.25, 0.3) is 0 Å². The average molecular weight is 185 g/mol. The zero-order valence-corrected chi connectivity index (χ0v) is 15.5. The number of aliphatic carboxylic acids is 1. The first kappa shape index (κ1) is 29.2. The third-order valence-electron chi connectivity index (χ3n) is 0.390. The van der Waals surface area contributed by atoms with Gasteiger partial charge in [0.25, 0.3) is 0 Å².